The number of ether oxygens (including phenoxy) is 2. The third kappa shape index (κ3) is 4.74. The lowest BCUT2D eigenvalue weighted by molar-refractivity contribution is -0.536. The maximum atomic E-state index is 13.4. The molecular formula is C23H34N4O6. The van der Waals surface area contributed by atoms with Crippen LogP contribution in [0.5, 0.6) is 0 Å². The summed E-state index contributed by atoms with van der Waals surface area (Å²) in [7, 11) is 0. The van der Waals surface area contributed by atoms with Gasteiger partial charge in [-0.05, 0) is 38.7 Å². The van der Waals surface area contributed by atoms with Gasteiger partial charge in [0.2, 0.25) is 6.04 Å². The predicted octanol–water partition coefficient (Wildman–Crippen LogP) is 3.43. The number of anilines is 1. The van der Waals surface area contributed by atoms with Crippen molar-refractivity contribution in [1.29, 1.82) is 0 Å². The van der Waals surface area contributed by atoms with Crippen LogP contribution >= 0.6 is 0 Å². The minimum atomic E-state index is -1.25. The van der Waals surface area contributed by atoms with Gasteiger partial charge < -0.3 is 14.4 Å². The second-order valence-electron chi connectivity index (χ2n) is 9.91. The zero-order valence-electron chi connectivity index (χ0n) is 20.2. The second-order valence-corrected chi connectivity index (χ2v) is 9.91. The molecule has 0 bridgehead atoms. The lowest BCUT2D eigenvalue weighted by Crippen LogP contribution is -2.48. The fourth-order valence-electron chi connectivity index (χ4n) is 4.87. The molecule has 2 aliphatic heterocycles. The zero-order chi connectivity index (χ0) is 24.5. The zero-order valence-corrected chi connectivity index (χ0v) is 20.2. The van der Waals surface area contributed by atoms with E-state index in [1.54, 1.807) is 39.1 Å². The lowest BCUT2D eigenvalue weighted by atomic mass is 9.73. The average Bonchev–Trinajstić information content (AvgIpc) is 3.03. The van der Waals surface area contributed by atoms with Gasteiger partial charge in [0.25, 0.3) is 0 Å². The van der Waals surface area contributed by atoms with Crippen molar-refractivity contribution < 1.29 is 24.0 Å². The van der Waals surface area contributed by atoms with Crippen LogP contribution in [0.2, 0.25) is 0 Å². The van der Waals surface area contributed by atoms with Crippen molar-refractivity contribution >= 4 is 17.9 Å². The van der Waals surface area contributed by atoms with E-state index in [1.807, 2.05) is 25.7 Å². The van der Waals surface area contributed by atoms with E-state index in [0.717, 1.165) is 19.5 Å². The van der Waals surface area contributed by atoms with Crippen molar-refractivity contribution in [2.45, 2.75) is 72.2 Å². The van der Waals surface area contributed by atoms with E-state index >= 15 is 0 Å². The van der Waals surface area contributed by atoms with Gasteiger partial charge in [-0.25, -0.2) is 14.6 Å². The van der Waals surface area contributed by atoms with E-state index in [9.17, 15) is 19.7 Å². The van der Waals surface area contributed by atoms with Gasteiger partial charge in [-0.3, -0.25) is 15.0 Å². The molecule has 3 heterocycles. The third-order valence-corrected chi connectivity index (χ3v) is 6.24. The molecule has 0 aromatic carbocycles. The Hall–Kier alpha value is -2.91. The quantitative estimate of drug-likeness (QED) is 0.359. The number of pyridine rings is 1. The van der Waals surface area contributed by atoms with Crippen LogP contribution in [0.15, 0.2) is 18.3 Å². The number of carbonyl (C=O) groups is 2. The number of amides is 1. The van der Waals surface area contributed by atoms with Crippen molar-refractivity contribution in [2.24, 2.45) is 11.3 Å². The van der Waals surface area contributed by atoms with Crippen LogP contribution < -0.4 is 4.90 Å². The molecule has 2 aliphatic rings. The topological polar surface area (TPSA) is 115 Å². The highest BCUT2D eigenvalue weighted by Gasteiger charge is 2.65. The number of carbonyl (C=O) groups excluding carboxylic acids is 2. The summed E-state index contributed by atoms with van der Waals surface area (Å²) in [6.07, 6.45) is 1.39. The Labute approximate surface area is 194 Å². The summed E-state index contributed by atoms with van der Waals surface area (Å²) in [5, 5.41) is 12.6. The number of nitrogens with zero attached hydrogens (tertiary/aromatic N) is 4. The fourth-order valence-corrected chi connectivity index (χ4v) is 4.87. The molecule has 2 saturated heterocycles. The fraction of sp³-hybridized carbons (Fsp3) is 0.696. The number of hydrogen-bond acceptors (Lipinski definition) is 8. The minimum Gasteiger partial charge on any atom is -0.464 e. The highest BCUT2D eigenvalue weighted by atomic mass is 16.6. The summed E-state index contributed by atoms with van der Waals surface area (Å²) in [6, 6.07) is 0.00870. The molecule has 0 aliphatic carbocycles. The summed E-state index contributed by atoms with van der Waals surface area (Å²) >= 11 is 0. The lowest BCUT2D eigenvalue weighted by Gasteiger charge is -2.36. The van der Waals surface area contributed by atoms with Gasteiger partial charge in [-0.15, -0.1) is 0 Å². The normalized spacial score (nSPS) is 25.1. The average molecular weight is 463 g/mol. The molecule has 10 heteroatoms. The first-order valence-corrected chi connectivity index (χ1v) is 11.5. The van der Waals surface area contributed by atoms with E-state index in [1.165, 1.54) is 4.90 Å². The summed E-state index contributed by atoms with van der Waals surface area (Å²) in [6.45, 7) is 12.2. The Balaban J connectivity index is 2.25. The molecule has 0 N–H and O–H groups in total. The number of aromatic nitrogens is 1. The number of nitro groups is 1. The van der Waals surface area contributed by atoms with Gasteiger partial charge in [-0.1, -0.05) is 26.8 Å². The maximum absolute atomic E-state index is 13.4. The molecule has 33 heavy (non-hydrogen) atoms. The van der Waals surface area contributed by atoms with Crippen molar-refractivity contribution in [3.63, 3.8) is 0 Å². The molecule has 2 fully saturated rings. The van der Waals surface area contributed by atoms with Crippen LogP contribution in [-0.4, -0.2) is 64.8 Å². The molecule has 0 unspecified atom stereocenters. The Bertz CT molecular complexity index is 895. The van der Waals surface area contributed by atoms with Crippen LogP contribution in [0.4, 0.5) is 10.6 Å². The summed E-state index contributed by atoms with van der Waals surface area (Å²) in [5.74, 6) is -0.873. The van der Waals surface area contributed by atoms with Gasteiger partial charge in [0.05, 0.1) is 18.6 Å². The highest BCUT2D eigenvalue weighted by molar-refractivity contribution is 5.84. The van der Waals surface area contributed by atoms with E-state index in [4.69, 9.17) is 9.47 Å². The molecule has 0 saturated carbocycles. The van der Waals surface area contributed by atoms with Crippen molar-refractivity contribution in [3.8, 4) is 0 Å². The first-order chi connectivity index (χ1) is 15.5. The maximum Gasteiger partial charge on any atom is 0.411 e. The molecule has 4 atom stereocenters. The van der Waals surface area contributed by atoms with E-state index in [-0.39, 0.29) is 11.5 Å². The molecule has 3 rings (SSSR count). The summed E-state index contributed by atoms with van der Waals surface area (Å²) in [5.41, 5.74) is -0.139. The molecule has 0 spiro atoms. The smallest absolute Gasteiger partial charge is 0.411 e. The second kappa shape index (κ2) is 9.52. The number of hydrogen-bond donors (Lipinski definition) is 0. The Morgan fingerprint density at radius 2 is 1.97 bits per heavy atom. The van der Waals surface area contributed by atoms with Crippen LogP contribution in [0.1, 0.15) is 59.6 Å². The van der Waals surface area contributed by atoms with E-state index in [0.29, 0.717) is 11.4 Å². The van der Waals surface area contributed by atoms with Crippen LogP contribution in [0.3, 0.4) is 0 Å². The summed E-state index contributed by atoms with van der Waals surface area (Å²) < 4.78 is 10.8. The predicted molar refractivity (Wildman–Crippen MR) is 121 cm³/mol. The standard InChI is InChI=1S/C23H34N4O6/c1-7-32-21(28)19-16(23(4,5)6)18(27(30)31)17(26(19)22(29)33-14(2)3)15-10-8-11-24-20(15)25-12-9-13-25/h8,10-11,14,16-19H,7,9,12-13H2,1-6H3/t16-,17-,18-,19-/m0/s1. The van der Waals surface area contributed by atoms with Crippen molar-refractivity contribution in [3.05, 3.63) is 34.0 Å². The molecule has 182 valence electrons. The van der Waals surface area contributed by atoms with Crippen LogP contribution in [0.25, 0.3) is 0 Å². The van der Waals surface area contributed by atoms with Crippen molar-refractivity contribution in [1.82, 2.24) is 9.88 Å². The van der Waals surface area contributed by atoms with E-state index in [2.05, 4.69) is 4.98 Å². The number of esters is 1. The Kier molecular flexibility index (Phi) is 7.14. The minimum absolute atomic E-state index is 0.0962. The Morgan fingerprint density at radius 3 is 2.45 bits per heavy atom. The van der Waals surface area contributed by atoms with Gasteiger partial charge in [0.15, 0.2) is 0 Å². The highest BCUT2D eigenvalue weighted by Crippen LogP contribution is 2.51. The first kappa shape index (κ1) is 24.7. The van der Waals surface area contributed by atoms with Gasteiger partial charge >= 0.3 is 12.1 Å². The number of rotatable bonds is 6. The monoisotopic (exact) mass is 462 g/mol. The summed E-state index contributed by atoms with van der Waals surface area (Å²) in [4.78, 5) is 46.6. The van der Waals surface area contributed by atoms with Crippen molar-refractivity contribution in [2.75, 3.05) is 24.6 Å². The van der Waals surface area contributed by atoms with Crippen LogP contribution in [0, 0.1) is 21.4 Å². The SMILES string of the molecule is CCOC(=O)[C@@H]1[C@@H](C(C)(C)C)[C@H]([N+](=O)[O-])[C@H](c2cccnc2N2CCC2)N1C(=O)OC(C)C. The molecule has 1 aromatic rings. The number of likely N-dealkylation sites (tertiary alicyclic amines) is 1. The van der Waals surface area contributed by atoms with Gasteiger partial charge in [0.1, 0.15) is 17.9 Å². The molecule has 0 radical (unpaired) electrons. The molecule has 1 aromatic heterocycles. The molecular weight excluding hydrogens is 428 g/mol. The van der Waals surface area contributed by atoms with E-state index < -0.39 is 47.6 Å². The van der Waals surface area contributed by atoms with Crippen LogP contribution in [-0.2, 0) is 14.3 Å². The van der Waals surface area contributed by atoms with Gasteiger partial charge in [-0.2, -0.15) is 0 Å². The third-order valence-electron chi connectivity index (χ3n) is 6.24. The first-order valence-electron chi connectivity index (χ1n) is 11.5. The molecule has 10 nitrogen and oxygen atoms in total. The van der Waals surface area contributed by atoms with Gasteiger partial charge in [0, 0.05) is 29.8 Å². The Morgan fingerprint density at radius 1 is 1.30 bits per heavy atom. The largest absolute Gasteiger partial charge is 0.464 e. The molecule has 1 amide bonds.